The monoisotopic (exact) mass is 396 g/mol. The maximum atomic E-state index is 13.0. The fraction of sp³-hybridized carbons (Fsp3) is 0.458. The Morgan fingerprint density at radius 1 is 1.03 bits per heavy atom. The Morgan fingerprint density at radius 3 is 2.21 bits per heavy atom. The molecule has 0 aromatic heterocycles. The molecule has 1 unspecified atom stereocenters. The summed E-state index contributed by atoms with van der Waals surface area (Å²) in [7, 11) is 2.17. The Labute approximate surface area is 173 Å². The maximum Gasteiger partial charge on any atom is 0.347 e. The Bertz CT molecular complexity index is 715. The minimum absolute atomic E-state index is 0.294. The van der Waals surface area contributed by atoms with Crippen molar-refractivity contribution in [1.29, 1.82) is 0 Å². The molecule has 0 spiro atoms. The normalized spacial score (nSPS) is 18.9. The molecule has 1 aliphatic rings. The highest BCUT2D eigenvalue weighted by atomic mass is 16.5. The van der Waals surface area contributed by atoms with Gasteiger partial charge in [-0.1, -0.05) is 60.7 Å². The van der Waals surface area contributed by atoms with Gasteiger partial charge < -0.3 is 19.6 Å². The fourth-order valence-corrected chi connectivity index (χ4v) is 3.76. The van der Waals surface area contributed by atoms with E-state index < -0.39 is 11.6 Å². The van der Waals surface area contributed by atoms with Crippen LogP contribution in [0.15, 0.2) is 60.7 Å². The van der Waals surface area contributed by atoms with E-state index in [0.29, 0.717) is 23.8 Å². The third kappa shape index (κ3) is 5.24. The molecule has 0 bridgehead atoms. The molecule has 2 aromatic carbocycles. The molecule has 0 saturated carbocycles. The predicted molar refractivity (Wildman–Crippen MR) is 115 cm³/mol. The SMILES string of the molecule is CC1CCN(CCCOC(=O)C(O)(c2ccccc2)c2ccccc2)CCN1C. The number of benzene rings is 2. The van der Waals surface area contributed by atoms with E-state index >= 15 is 0 Å². The molecule has 1 N–H and O–H groups in total. The second-order valence-corrected chi connectivity index (χ2v) is 7.89. The molecule has 5 heteroatoms. The van der Waals surface area contributed by atoms with Gasteiger partial charge in [-0.15, -0.1) is 0 Å². The minimum atomic E-state index is -1.80. The summed E-state index contributed by atoms with van der Waals surface area (Å²) < 4.78 is 5.55. The summed E-state index contributed by atoms with van der Waals surface area (Å²) in [4.78, 5) is 17.8. The van der Waals surface area contributed by atoms with Gasteiger partial charge in [0.25, 0.3) is 0 Å². The molecule has 0 radical (unpaired) electrons. The van der Waals surface area contributed by atoms with Crippen LogP contribution in [0.2, 0.25) is 0 Å². The smallest absolute Gasteiger partial charge is 0.347 e. The van der Waals surface area contributed by atoms with Gasteiger partial charge in [0, 0.05) is 25.7 Å². The fourth-order valence-electron chi connectivity index (χ4n) is 3.76. The Hall–Kier alpha value is -2.21. The zero-order valence-electron chi connectivity index (χ0n) is 17.5. The van der Waals surface area contributed by atoms with E-state index in [1.165, 1.54) is 0 Å². The van der Waals surface area contributed by atoms with Gasteiger partial charge in [-0.05, 0) is 44.5 Å². The Balaban J connectivity index is 1.60. The van der Waals surface area contributed by atoms with E-state index in [-0.39, 0.29) is 0 Å². The van der Waals surface area contributed by atoms with E-state index in [9.17, 15) is 9.90 Å². The number of aliphatic hydroxyl groups is 1. The van der Waals surface area contributed by atoms with Crippen LogP contribution >= 0.6 is 0 Å². The first kappa shape index (κ1) is 21.5. The number of esters is 1. The van der Waals surface area contributed by atoms with Gasteiger partial charge in [-0.25, -0.2) is 4.79 Å². The Kier molecular flexibility index (Phi) is 7.42. The zero-order chi connectivity index (χ0) is 20.7. The summed E-state index contributed by atoms with van der Waals surface area (Å²) in [6.07, 6.45) is 1.90. The standard InChI is InChI=1S/C24H32N2O3/c1-20-14-16-26(18-17-25(20)2)15-9-19-29-23(27)24(28,21-10-5-3-6-11-21)22-12-7-4-8-13-22/h3-8,10-13,20,28H,9,14-19H2,1-2H3. The van der Waals surface area contributed by atoms with Gasteiger partial charge >= 0.3 is 5.97 Å². The summed E-state index contributed by atoms with van der Waals surface area (Å²) in [6.45, 7) is 6.61. The lowest BCUT2D eigenvalue weighted by Crippen LogP contribution is -2.39. The number of carbonyl (C=O) groups excluding carboxylic acids is 1. The van der Waals surface area contributed by atoms with Crippen molar-refractivity contribution in [3.8, 4) is 0 Å². The predicted octanol–water partition coefficient (Wildman–Crippen LogP) is 2.88. The molecule has 1 atom stereocenters. The highest BCUT2D eigenvalue weighted by Crippen LogP contribution is 2.31. The molecular weight excluding hydrogens is 364 g/mol. The number of carbonyl (C=O) groups is 1. The van der Waals surface area contributed by atoms with Gasteiger partial charge in [-0.3, -0.25) is 0 Å². The summed E-state index contributed by atoms with van der Waals surface area (Å²) in [6, 6.07) is 18.6. The minimum Gasteiger partial charge on any atom is -0.463 e. The molecule has 1 saturated heterocycles. The van der Waals surface area contributed by atoms with E-state index in [1.807, 2.05) is 36.4 Å². The highest BCUT2D eigenvalue weighted by molar-refractivity contribution is 5.85. The molecule has 156 valence electrons. The van der Waals surface area contributed by atoms with Crippen LogP contribution in [0.3, 0.4) is 0 Å². The second kappa shape index (κ2) is 10.0. The van der Waals surface area contributed by atoms with Crippen LogP contribution in [0.5, 0.6) is 0 Å². The number of hydrogen-bond acceptors (Lipinski definition) is 5. The third-order valence-electron chi connectivity index (χ3n) is 5.91. The largest absolute Gasteiger partial charge is 0.463 e. The van der Waals surface area contributed by atoms with Crippen LogP contribution in [0.4, 0.5) is 0 Å². The lowest BCUT2D eigenvalue weighted by atomic mass is 9.86. The van der Waals surface area contributed by atoms with E-state index in [1.54, 1.807) is 24.3 Å². The zero-order valence-corrected chi connectivity index (χ0v) is 17.5. The van der Waals surface area contributed by atoms with Crippen LogP contribution in [-0.2, 0) is 15.1 Å². The van der Waals surface area contributed by atoms with Gasteiger partial charge in [0.2, 0.25) is 5.60 Å². The van der Waals surface area contributed by atoms with E-state index in [2.05, 4.69) is 23.8 Å². The number of rotatable bonds is 7. The van der Waals surface area contributed by atoms with Crippen molar-refractivity contribution in [2.45, 2.75) is 31.4 Å². The third-order valence-corrected chi connectivity index (χ3v) is 5.91. The van der Waals surface area contributed by atoms with Crippen LogP contribution in [0.1, 0.15) is 30.9 Å². The van der Waals surface area contributed by atoms with Gasteiger partial charge in [0.1, 0.15) is 0 Å². The summed E-state index contributed by atoms with van der Waals surface area (Å²) in [5.74, 6) is -0.626. The van der Waals surface area contributed by atoms with Crippen molar-refractivity contribution >= 4 is 5.97 Å². The highest BCUT2D eigenvalue weighted by Gasteiger charge is 2.41. The maximum absolute atomic E-state index is 13.0. The average Bonchev–Trinajstić information content (AvgIpc) is 2.93. The average molecular weight is 397 g/mol. The first-order chi connectivity index (χ1) is 14.0. The van der Waals surface area contributed by atoms with E-state index in [4.69, 9.17) is 4.74 Å². The molecule has 29 heavy (non-hydrogen) atoms. The summed E-state index contributed by atoms with van der Waals surface area (Å²) in [5, 5.41) is 11.4. The van der Waals surface area contributed by atoms with Gasteiger partial charge in [-0.2, -0.15) is 0 Å². The van der Waals surface area contributed by atoms with Crippen molar-refractivity contribution in [3.05, 3.63) is 71.8 Å². The van der Waals surface area contributed by atoms with Crippen molar-refractivity contribution < 1.29 is 14.6 Å². The van der Waals surface area contributed by atoms with Crippen molar-refractivity contribution in [3.63, 3.8) is 0 Å². The number of likely N-dealkylation sites (N-methyl/N-ethyl adjacent to an activating group) is 1. The van der Waals surface area contributed by atoms with Gasteiger partial charge in [0.05, 0.1) is 6.61 Å². The Morgan fingerprint density at radius 2 is 1.62 bits per heavy atom. The van der Waals surface area contributed by atoms with E-state index in [0.717, 1.165) is 39.0 Å². The van der Waals surface area contributed by atoms with Crippen molar-refractivity contribution in [2.24, 2.45) is 0 Å². The van der Waals surface area contributed by atoms with Crippen molar-refractivity contribution in [1.82, 2.24) is 9.80 Å². The lowest BCUT2D eigenvalue weighted by molar-refractivity contribution is -0.162. The number of nitrogens with zero attached hydrogens (tertiary/aromatic N) is 2. The molecule has 1 fully saturated rings. The summed E-state index contributed by atoms with van der Waals surface area (Å²) in [5.41, 5.74) is -0.773. The molecular formula is C24H32N2O3. The lowest BCUT2D eigenvalue weighted by Gasteiger charge is -2.27. The van der Waals surface area contributed by atoms with Crippen molar-refractivity contribution in [2.75, 3.05) is 39.8 Å². The number of ether oxygens (including phenoxy) is 1. The molecule has 1 aliphatic heterocycles. The van der Waals surface area contributed by atoms with Crippen LogP contribution in [-0.4, -0.2) is 66.8 Å². The van der Waals surface area contributed by atoms with Gasteiger partial charge in [0.15, 0.2) is 0 Å². The second-order valence-electron chi connectivity index (χ2n) is 7.89. The molecule has 1 heterocycles. The molecule has 0 aliphatic carbocycles. The van der Waals surface area contributed by atoms with Crippen LogP contribution < -0.4 is 0 Å². The number of hydrogen-bond donors (Lipinski definition) is 1. The first-order valence-electron chi connectivity index (χ1n) is 10.4. The van der Waals surface area contributed by atoms with Crippen LogP contribution in [0, 0.1) is 0 Å². The summed E-state index contributed by atoms with van der Waals surface area (Å²) >= 11 is 0. The molecule has 3 rings (SSSR count). The van der Waals surface area contributed by atoms with Crippen LogP contribution in [0.25, 0.3) is 0 Å². The first-order valence-corrected chi connectivity index (χ1v) is 10.4. The molecule has 5 nitrogen and oxygen atoms in total. The molecule has 0 amide bonds. The topological polar surface area (TPSA) is 53.0 Å². The quantitative estimate of drug-likeness (QED) is 0.576. The molecule has 2 aromatic rings.